The van der Waals surface area contributed by atoms with E-state index >= 15 is 0 Å². The second kappa shape index (κ2) is 7.77. The summed E-state index contributed by atoms with van der Waals surface area (Å²) in [6, 6.07) is 0. The maximum atomic E-state index is 11.4. The van der Waals surface area contributed by atoms with Crippen LogP contribution in [0.4, 0.5) is 18.4 Å². The molecule has 0 aromatic carbocycles. The predicted octanol–water partition coefficient (Wildman–Crippen LogP) is 1.54. The molecule has 0 heterocycles. The van der Waals surface area contributed by atoms with Crippen molar-refractivity contribution >= 4 is 12.3 Å². The van der Waals surface area contributed by atoms with Gasteiger partial charge in [-0.1, -0.05) is 0 Å². The lowest BCUT2D eigenvalue weighted by Gasteiger charge is -2.11. The molecule has 0 spiro atoms. The summed E-state index contributed by atoms with van der Waals surface area (Å²) in [5.74, 6) is 0. The number of halogens is 2. The molecule has 0 rings (SSSR count). The first-order valence-corrected chi connectivity index (χ1v) is 3.85. The largest absolute Gasteiger partial charge is 0.511 e. The van der Waals surface area contributed by atoms with Crippen LogP contribution >= 0.6 is 0 Å². The number of carbonyl (C=O) groups is 2. The van der Waals surface area contributed by atoms with Crippen LogP contribution in [0.1, 0.15) is 6.92 Å². The van der Waals surface area contributed by atoms with E-state index in [4.69, 9.17) is 0 Å². The highest BCUT2D eigenvalue weighted by molar-refractivity contribution is 5.60. The van der Waals surface area contributed by atoms with E-state index in [0.29, 0.717) is 0 Å². The molecular weight excluding hydrogens is 218 g/mol. The fraction of sp³-hybridized carbons (Fsp3) is 0.714. The molecule has 0 N–H and O–H groups in total. The van der Waals surface area contributed by atoms with E-state index in [1.54, 1.807) is 0 Å². The third-order valence-electron chi connectivity index (χ3n) is 1.08. The van der Waals surface area contributed by atoms with Gasteiger partial charge in [-0.05, 0) is 6.92 Å². The summed E-state index contributed by atoms with van der Waals surface area (Å²) >= 11 is 0. The van der Waals surface area contributed by atoms with Crippen molar-refractivity contribution in [1.82, 2.24) is 0 Å². The first-order valence-electron chi connectivity index (χ1n) is 3.85. The molecule has 0 radical (unpaired) electrons. The number of ether oxygens (including phenoxy) is 4. The summed E-state index contributed by atoms with van der Waals surface area (Å²) in [6.07, 6.45) is -3.31. The smallest absolute Gasteiger partial charge is 0.430 e. The van der Waals surface area contributed by atoms with Crippen LogP contribution in [0.15, 0.2) is 0 Å². The molecule has 0 bridgehead atoms. The Labute approximate surface area is 84.0 Å². The van der Waals surface area contributed by atoms with Crippen molar-refractivity contribution < 1.29 is 37.3 Å². The predicted molar refractivity (Wildman–Crippen MR) is 41.4 cm³/mol. The van der Waals surface area contributed by atoms with Crippen molar-refractivity contribution in [3.05, 3.63) is 0 Å². The van der Waals surface area contributed by atoms with Crippen LogP contribution in [0, 0.1) is 0 Å². The van der Waals surface area contributed by atoms with Crippen LogP contribution in [0.25, 0.3) is 0 Å². The first kappa shape index (κ1) is 13.4. The van der Waals surface area contributed by atoms with Crippen LogP contribution in [-0.2, 0) is 18.9 Å². The van der Waals surface area contributed by atoms with E-state index < -0.39 is 32.1 Å². The number of hydrogen-bond acceptors (Lipinski definition) is 6. The monoisotopic (exact) mass is 228 g/mol. The lowest BCUT2D eigenvalue weighted by atomic mass is 10.4. The fourth-order valence-corrected chi connectivity index (χ4v) is 0.548. The van der Waals surface area contributed by atoms with Gasteiger partial charge in [0.1, 0.15) is 12.7 Å². The average molecular weight is 228 g/mol. The Kier molecular flexibility index (Phi) is 6.94. The van der Waals surface area contributed by atoms with Gasteiger partial charge >= 0.3 is 12.3 Å². The zero-order chi connectivity index (χ0) is 11.7. The summed E-state index contributed by atoms with van der Waals surface area (Å²) in [7, 11) is 0. The van der Waals surface area contributed by atoms with E-state index in [-0.39, 0.29) is 6.61 Å². The summed E-state index contributed by atoms with van der Waals surface area (Å²) in [5, 5.41) is 0. The van der Waals surface area contributed by atoms with E-state index in [1.807, 2.05) is 0 Å². The lowest BCUT2D eigenvalue weighted by Crippen LogP contribution is -2.23. The van der Waals surface area contributed by atoms with Gasteiger partial charge < -0.3 is 18.9 Å². The molecule has 15 heavy (non-hydrogen) atoms. The van der Waals surface area contributed by atoms with Crippen molar-refractivity contribution in [2.24, 2.45) is 0 Å². The zero-order valence-corrected chi connectivity index (χ0v) is 7.90. The molecule has 0 aliphatic heterocycles. The van der Waals surface area contributed by atoms with E-state index in [1.165, 1.54) is 6.92 Å². The summed E-state index contributed by atoms with van der Waals surface area (Å²) in [6.45, 7) is -1.60. The maximum absolute atomic E-state index is 11.4. The van der Waals surface area contributed by atoms with Gasteiger partial charge in [0.05, 0.1) is 0 Å². The van der Waals surface area contributed by atoms with Crippen LogP contribution in [0.3, 0.4) is 0 Å². The number of carbonyl (C=O) groups excluding carboxylic acids is 2. The SMILES string of the molecule is CC(COC(=O)OCF)OC(=O)OCF. The van der Waals surface area contributed by atoms with Gasteiger partial charge in [0, 0.05) is 0 Å². The van der Waals surface area contributed by atoms with Crippen molar-refractivity contribution in [2.75, 3.05) is 20.3 Å². The standard InChI is InChI=1S/C7H10F2O6/c1-5(15-7(11)14-4-9)2-12-6(10)13-3-8/h5H,2-4H2,1H3. The zero-order valence-electron chi connectivity index (χ0n) is 7.90. The third kappa shape index (κ3) is 7.47. The Morgan fingerprint density at radius 2 is 1.60 bits per heavy atom. The Hall–Kier alpha value is -1.60. The molecule has 0 amide bonds. The molecule has 1 unspecified atom stereocenters. The molecule has 0 saturated heterocycles. The molecule has 0 aliphatic rings. The molecule has 0 fully saturated rings. The molecule has 0 aromatic heterocycles. The van der Waals surface area contributed by atoms with E-state index in [9.17, 15) is 18.4 Å². The molecule has 0 aliphatic carbocycles. The van der Waals surface area contributed by atoms with Gasteiger partial charge in [-0.15, -0.1) is 0 Å². The van der Waals surface area contributed by atoms with E-state index in [2.05, 4.69) is 18.9 Å². The van der Waals surface area contributed by atoms with Gasteiger partial charge in [0.15, 0.2) is 0 Å². The molecule has 88 valence electrons. The summed E-state index contributed by atoms with van der Waals surface area (Å²) in [5.41, 5.74) is 0. The number of alkyl halides is 2. The second-order valence-corrected chi connectivity index (χ2v) is 2.25. The number of rotatable bonds is 5. The van der Waals surface area contributed by atoms with Crippen LogP contribution < -0.4 is 0 Å². The Morgan fingerprint density at radius 3 is 2.13 bits per heavy atom. The minimum absolute atomic E-state index is 0.347. The van der Waals surface area contributed by atoms with Gasteiger partial charge in [-0.2, -0.15) is 0 Å². The van der Waals surface area contributed by atoms with Crippen LogP contribution in [-0.4, -0.2) is 38.7 Å². The van der Waals surface area contributed by atoms with Gasteiger partial charge in [-0.25, -0.2) is 18.4 Å². The molecular formula is C7H10F2O6. The van der Waals surface area contributed by atoms with Crippen molar-refractivity contribution in [1.29, 1.82) is 0 Å². The van der Waals surface area contributed by atoms with Crippen LogP contribution in [0.5, 0.6) is 0 Å². The highest BCUT2D eigenvalue weighted by Crippen LogP contribution is 1.97. The van der Waals surface area contributed by atoms with Crippen molar-refractivity contribution in [3.63, 3.8) is 0 Å². The molecule has 1 atom stereocenters. The summed E-state index contributed by atoms with van der Waals surface area (Å²) in [4.78, 5) is 21.0. The minimum Gasteiger partial charge on any atom is -0.430 e. The first-order chi connectivity index (χ1) is 7.10. The lowest BCUT2D eigenvalue weighted by molar-refractivity contribution is -0.0276. The van der Waals surface area contributed by atoms with Crippen LogP contribution in [0.2, 0.25) is 0 Å². The minimum atomic E-state index is -1.31. The Morgan fingerprint density at radius 1 is 1.07 bits per heavy atom. The van der Waals surface area contributed by atoms with Gasteiger partial charge in [0.25, 0.3) is 0 Å². The fourth-order valence-electron chi connectivity index (χ4n) is 0.548. The number of hydrogen-bond donors (Lipinski definition) is 0. The second-order valence-electron chi connectivity index (χ2n) is 2.25. The van der Waals surface area contributed by atoms with E-state index in [0.717, 1.165) is 0 Å². The quantitative estimate of drug-likeness (QED) is 0.664. The molecule has 6 nitrogen and oxygen atoms in total. The third-order valence-corrected chi connectivity index (χ3v) is 1.08. The Balaban J connectivity index is 3.60. The highest BCUT2D eigenvalue weighted by Gasteiger charge is 2.13. The maximum Gasteiger partial charge on any atom is 0.511 e. The van der Waals surface area contributed by atoms with Crippen molar-refractivity contribution in [3.8, 4) is 0 Å². The highest BCUT2D eigenvalue weighted by atomic mass is 19.1. The molecule has 0 aromatic rings. The average Bonchev–Trinajstić information content (AvgIpc) is 2.15. The topological polar surface area (TPSA) is 71.1 Å². The van der Waals surface area contributed by atoms with Crippen molar-refractivity contribution in [2.45, 2.75) is 13.0 Å². The summed E-state index contributed by atoms with van der Waals surface area (Å²) < 4.78 is 39.1. The Bertz CT molecular complexity index is 210. The van der Waals surface area contributed by atoms with Gasteiger partial charge in [0.2, 0.25) is 13.7 Å². The molecule has 0 saturated carbocycles. The normalized spacial score (nSPS) is 11.4. The molecule has 8 heteroatoms. The van der Waals surface area contributed by atoms with Gasteiger partial charge in [-0.3, -0.25) is 0 Å².